The van der Waals surface area contributed by atoms with Crippen molar-refractivity contribution in [2.24, 2.45) is 0 Å². The van der Waals surface area contributed by atoms with Crippen LogP contribution in [0.15, 0.2) is 42.5 Å². The van der Waals surface area contributed by atoms with Crippen LogP contribution in [0.4, 0.5) is 0 Å². The Kier molecular flexibility index (Phi) is 4.06. The second-order valence-electron chi connectivity index (χ2n) is 8.22. The van der Waals surface area contributed by atoms with Gasteiger partial charge < -0.3 is 0 Å². The third-order valence-corrected chi connectivity index (χ3v) is 6.02. The van der Waals surface area contributed by atoms with Crippen LogP contribution in [-0.2, 0) is 6.42 Å². The van der Waals surface area contributed by atoms with Gasteiger partial charge in [0.2, 0.25) is 6.71 Å². The fourth-order valence-corrected chi connectivity index (χ4v) is 5.22. The maximum Gasteiger partial charge on any atom is 0.243 e. The zero-order valence-electron chi connectivity index (χ0n) is 16.8. The Morgan fingerprint density at radius 1 is 0.577 bits per heavy atom. The molecule has 3 aromatic carbocycles. The second kappa shape index (κ2) is 6.16. The van der Waals surface area contributed by atoms with Gasteiger partial charge in [-0.3, -0.25) is 0 Å². The number of rotatable bonds is 1. The van der Waals surface area contributed by atoms with Crippen LogP contribution >= 0.6 is 0 Å². The first-order valence-electron chi connectivity index (χ1n) is 9.63. The van der Waals surface area contributed by atoms with Gasteiger partial charge in [-0.15, -0.1) is 0 Å². The number of benzene rings is 3. The van der Waals surface area contributed by atoms with E-state index in [9.17, 15) is 0 Å². The topological polar surface area (TPSA) is 0 Å². The molecule has 1 heterocycles. The summed E-state index contributed by atoms with van der Waals surface area (Å²) < 4.78 is 0. The molecule has 0 aliphatic carbocycles. The van der Waals surface area contributed by atoms with E-state index in [1.807, 2.05) is 0 Å². The third-order valence-electron chi connectivity index (χ3n) is 6.02. The van der Waals surface area contributed by atoms with E-state index in [-0.39, 0.29) is 0 Å². The minimum absolute atomic E-state index is 0.344. The van der Waals surface area contributed by atoms with Gasteiger partial charge in [0.05, 0.1) is 0 Å². The fourth-order valence-electron chi connectivity index (χ4n) is 5.22. The van der Waals surface area contributed by atoms with Crippen molar-refractivity contribution in [1.82, 2.24) is 0 Å². The maximum atomic E-state index is 2.40. The molecule has 1 aliphatic rings. The highest BCUT2D eigenvalue weighted by Crippen LogP contribution is 2.21. The van der Waals surface area contributed by atoms with Crippen LogP contribution in [0.2, 0.25) is 0 Å². The van der Waals surface area contributed by atoms with Crippen molar-refractivity contribution in [3.8, 4) is 0 Å². The predicted octanol–water partition coefficient (Wildman–Crippen LogP) is 3.96. The largest absolute Gasteiger partial charge is 0.243 e. The van der Waals surface area contributed by atoms with E-state index in [0.29, 0.717) is 6.71 Å². The number of fused-ring (bicyclic) bond motifs is 2. The van der Waals surface area contributed by atoms with Gasteiger partial charge in [0, 0.05) is 0 Å². The highest BCUT2D eigenvalue weighted by molar-refractivity contribution is 6.97. The van der Waals surface area contributed by atoms with Crippen molar-refractivity contribution < 1.29 is 0 Å². The van der Waals surface area contributed by atoms with Gasteiger partial charge in [0.15, 0.2) is 0 Å². The molecule has 0 saturated carbocycles. The van der Waals surface area contributed by atoms with Crippen molar-refractivity contribution in [2.75, 3.05) is 0 Å². The Morgan fingerprint density at radius 3 is 1.77 bits per heavy atom. The molecule has 26 heavy (non-hydrogen) atoms. The van der Waals surface area contributed by atoms with Gasteiger partial charge in [-0.05, 0) is 59.1 Å². The standard InChI is InChI=1S/C25H27B/c1-15-10-18(4)23(19(5)11-15)26-24-17(3)8-7-9-21(24)14-22-13-16(2)12-20(6)25(22)26/h7-13H,14H2,1-6H3. The van der Waals surface area contributed by atoms with Crippen LogP contribution in [0.5, 0.6) is 0 Å². The molecule has 0 saturated heterocycles. The van der Waals surface area contributed by atoms with Gasteiger partial charge in [-0.25, -0.2) is 0 Å². The smallest absolute Gasteiger partial charge is 0.0629 e. The lowest BCUT2D eigenvalue weighted by atomic mass is 9.31. The molecule has 0 unspecified atom stereocenters. The molecule has 0 atom stereocenters. The molecule has 0 amide bonds. The third kappa shape index (κ3) is 2.62. The van der Waals surface area contributed by atoms with Crippen molar-refractivity contribution in [3.63, 3.8) is 0 Å². The summed E-state index contributed by atoms with van der Waals surface area (Å²) in [6, 6.07) is 16.3. The lowest BCUT2D eigenvalue weighted by Crippen LogP contribution is -2.60. The van der Waals surface area contributed by atoms with Crippen LogP contribution in [0.3, 0.4) is 0 Å². The van der Waals surface area contributed by atoms with Gasteiger partial charge in [0.25, 0.3) is 0 Å². The van der Waals surface area contributed by atoms with E-state index in [2.05, 4.69) is 84.0 Å². The average Bonchev–Trinajstić information content (AvgIpc) is 2.52. The summed E-state index contributed by atoms with van der Waals surface area (Å²) in [6.45, 7) is 13.9. The monoisotopic (exact) mass is 338 g/mol. The van der Waals surface area contributed by atoms with Crippen molar-refractivity contribution >= 4 is 23.1 Å². The Hall–Kier alpha value is -2.28. The van der Waals surface area contributed by atoms with Gasteiger partial charge in [0.1, 0.15) is 0 Å². The fraction of sp³-hybridized carbons (Fsp3) is 0.280. The van der Waals surface area contributed by atoms with Gasteiger partial charge in [-0.2, -0.15) is 0 Å². The Morgan fingerprint density at radius 2 is 1.12 bits per heavy atom. The van der Waals surface area contributed by atoms with E-state index in [0.717, 1.165) is 6.42 Å². The SMILES string of the molecule is Cc1cc(C)c(B2c3c(C)cccc3Cc3cc(C)cc(C)c32)c(C)c1. The van der Waals surface area contributed by atoms with E-state index in [4.69, 9.17) is 0 Å². The van der Waals surface area contributed by atoms with Crippen LogP contribution in [-0.4, -0.2) is 6.71 Å². The summed E-state index contributed by atoms with van der Waals surface area (Å²) in [5, 5.41) is 0. The molecular formula is C25H27B. The first-order chi connectivity index (χ1) is 12.4. The van der Waals surface area contributed by atoms with Crippen LogP contribution in [0.25, 0.3) is 0 Å². The number of aryl methyl sites for hydroxylation is 6. The molecule has 4 rings (SSSR count). The Bertz CT molecular complexity index is 981. The molecule has 130 valence electrons. The molecule has 1 aliphatic heterocycles. The molecule has 0 nitrogen and oxygen atoms in total. The first-order valence-corrected chi connectivity index (χ1v) is 9.63. The average molecular weight is 338 g/mol. The lowest BCUT2D eigenvalue weighted by molar-refractivity contribution is 1.17. The quantitative estimate of drug-likeness (QED) is 0.461. The van der Waals surface area contributed by atoms with Crippen LogP contribution in [0, 0.1) is 41.5 Å². The highest BCUT2D eigenvalue weighted by Gasteiger charge is 2.34. The zero-order chi connectivity index (χ0) is 18.6. The molecular weight excluding hydrogens is 311 g/mol. The Labute approximate surface area is 158 Å². The minimum Gasteiger partial charge on any atom is -0.0629 e. The van der Waals surface area contributed by atoms with E-state index in [1.165, 1.54) is 60.9 Å². The van der Waals surface area contributed by atoms with Crippen LogP contribution < -0.4 is 16.4 Å². The summed E-state index contributed by atoms with van der Waals surface area (Å²) in [5.41, 5.74) is 15.9. The van der Waals surface area contributed by atoms with Crippen molar-refractivity contribution in [3.05, 3.63) is 87.0 Å². The zero-order valence-corrected chi connectivity index (χ0v) is 16.8. The lowest BCUT2D eigenvalue weighted by Gasteiger charge is -2.32. The molecule has 0 radical (unpaired) electrons. The number of hydrogen-bond acceptors (Lipinski definition) is 0. The van der Waals surface area contributed by atoms with Crippen LogP contribution in [0.1, 0.15) is 44.5 Å². The van der Waals surface area contributed by atoms with E-state index < -0.39 is 0 Å². The summed E-state index contributed by atoms with van der Waals surface area (Å²) in [7, 11) is 0. The maximum absolute atomic E-state index is 2.40. The van der Waals surface area contributed by atoms with E-state index >= 15 is 0 Å². The molecule has 0 N–H and O–H groups in total. The van der Waals surface area contributed by atoms with Crippen molar-refractivity contribution in [2.45, 2.75) is 48.0 Å². The minimum atomic E-state index is 0.344. The molecule has 0 spiro atoms. The molecule has 0 fully saturated rings. The highest BCUT2D eigenvalue weighted by atomic mass is 14.2. The molecule has 3 aromatic rings. The molecule has 0 aromatic heterocycles. The summed E-state index contributed by atoms with van der Waals surface area (Å²) in [6.07, 6.45) is 1.05. The summed E-state index contributed by atoms with van der Waals surface area (Å²) in [4.78, 5) is 0. The summed E-state index contributed by atoms with van der Waals surface area (Å²) >= 11 is 0. The summed E-state index contributed by atoms with van der Waals surface area (Å²) in [5.74, 6) is 0. The first kappa shape index (κ1) is 17.2. The normalized spacial score (nSPS) is 12.8. The number of hydrogen-bond donors (Lipinski definition) is 0. The molecule has 1 heteroatoms. The van der Waals surface area contributed by atoms with E-state index in [1.54, 1.807) is 0 Å². The van der Waals surface area contributed by atoms with Crippen molar-refractivity contribution in [1.29, 1.82) is 0 Å². The second-order valence-corrected chi connectivity index (χ2v) is 8.22. The van der Waals surface area contributed by atoms with Gasteiger partial charge in [-0.1, -0.05) is 92.2 Å². The predicted molar refractivity (Wildman–Crippen MR) is 115 cm³/mol. The van der Waals surface area contributed by atoms with Gasteiger partial charge >= 0.3 is 0 Å². The Balaban J connectivity index is 2.10. The molecule has 0 bridgehead atoms.